The molecule has 10 heteroatoms. The van der Waals surface area contributed by atoms with Gasteiger partial charge in [0.1, 0.15) is 36.2 Å². The van der Waals surface area contributed by atoms with E-state index >= 15 is 0 Å². The minimum absolute atomic E-state index is 0.241. The van der Waals surface area contributed by atoms with Crippen LogP contribution in [0.3, 0.4) is 0 Å². The monoisotopic (exact) mass is 1080 g/mol. The second-order valence-corrected chi connectivity index (χ2v) is 22.5. The molecule has 10 nitrogen and oxygen atoms in total. The Morgan fingerprint density at radius 3 is 0.701 bits per heavy atom. The van der Waals surface area contributed by atoms with Gasteiger partial charge in [-0.05, 0) is 49.9 Å². The van der Waals surface area contributed by atoms with Crippen LogP contribution < -0.4 is 18.9 Å². The molecule has 77 heavy (non-hydrogen) atoms. The molecule has 0 aromatic heterocycles. The average molecular weight is 1080 g/mol. The summed E-state index contributed by atoms with van der Waals surface area (Å²) in [7, 11) is 0. The van der Waals surface area contributed by atoms with Crippen molar-refractivity contribution < 1.29 is 48.2 Å². The van der Waals surface area contributed by atoms with Crippen LogP contribution in [0.25, 0.3) is 0 Å². The van der Waals surface area contributed by atoms with Gasteiger partial charge < -0.3 is 38.6 Å². The molecule has 0 saturated heterocycles. The minimum Gasteiger partial charge on any atom is -0.493 e. The van der Waals surface area contributed by atoms with Crippen LogP contribution in [0.5, 0.6) is 23.0 Å². The Kier molecular flexibility index (Phi) is 44.8. The highest BCUT2D eigenvalue weighted by Gasteiger charge is 2.34. The molecule has 0 radical (unpaired) electrons. The molecule has 2 aromatic rings. The normalized spacial score (nSPS) is 11.5. The summed E-state index contributed by atoms with van der Waals surface area (Å²) in [5.74, 6) is 0.789. The lowest BCUT2D eigenvalue weighted by atomic mass is 9.92. The first-order chi connectivity index (χ1) is 37.8. The van der Waals surface area contributed by atoms with Crippen molar-refractivity contribution in [2.24, 2.45) is 5.41 Å². The molecule has 0 atom stereocenters. The Bertz CT molecular complexity index is 1470. The molecule has 0 aliphatic carbocycles. The summed E-state index contributed by atoms with van der Waals surface area (Å²) in [6, 6.07) is 10.3. The first kappa shape index (κ1) is 69.6. The largest absolute Gasteiger partial charge is 0.493 e. The highest BCUT2D eigenvalue weighted by atomic mass is 16.6. The number of unbranched alkanes of at least 4 members (excludes halogenated alkanes) is 36. The maximum Gasteiger partial charge on any atom is 0.338 e. The Morgan fingerprint density at radius 2 is 0.506 bits per heavy atom. The smallest absolute Gasteiger partial charge is 0.338 e. The summed E-state index contributed by atoms with van der Waals surface area (Å²) >= 11 is 0. The number of hydrogen-bond acceptors (Lipinski definition) is 10. The fraction of sp³-hybridized carbons (Fsp3) is 0.791. The van der Waals surface area contributed by atoms with E-state index in [-0.39, 0.29) is 24.3 Å². The third kappa shape index (κ3) is 37.1. The Labute approximate surface area is 471 Å². The van der Waals surface area contributed by atoms with Gasteiger partial charge in [0, 0.05) is 12.1 Å². The number of rotatable bonds is 56. The van der Waals surface area contributed by atoms with E-state index < -0.39 is 30.6 Å². The highest BCUT2D eigenvalue weighted by molar-refractivity contribution is 5.91. The topological polar surface area (TPSA) is 130 Å². The summed E-state index contributed by atoms with van der Waals surface area (Å²) < 4.78 is 36.4. The van der Waals surface area contributed by atoms with Crippen molar-refractivity contribution in [3.8, 4) is 23.0 Å². The number of aliphatic hydroxyl groups excluding tert-OH is 2. The summed E-state index contributed by atoms with van der Waals surface area (Å²) in [6.45, 7) is 9.15. The fourth-order valence-electron chi connectivity index (χ4n) is 9.71. The zero-order valence-electron chi connectivity index (χ0n) is 50.1. The van der Waals surface area contributed by atoms with Crippen LogP contribution in [-0.4, -0.2) is 75.0 Å². The summed E-state index contributed by atoms with van der Waals surface area (Å²) in [5, 5.41) is 21.3. The molecular weight excluding hydrogens is 965 g/mol. The minimum atomic E-state index is -1.46. The Morgan fingerprint density at radius 1 is 0.312 bits per heavy atom. The standard InChI is InChI=1S/C67H116O10/c1-5-9-13-17-21-25-29-33-37-41-45-72-61-49-59(50-62(53-61)73-46-42-38-34-30-26-22-18-14-10-6-2)65(70)76-57-67(55-68,56-69)58-77-66(71)60-51-63(74-47-43-39-35-31-27-23-19-15-11-7-3)54-64(52-60)75-48-44-40-36-32-28-24-20-16-12-8-4/h49-54,68-69H,5-48,55-58H2,1-4H3. The number of esters is 2. The molecule has 0 heterocycles. The van der Waals surface area contributed by atoms with Crippen LogP contribution in [-0.2, 0) is 9.47 Å². The molecule has 0 saturated carbocycles. The third-order valence-corrected chi connectivity index (χ3v) is 15.0. The van der Waals surface area contributed by atoms with Gasteiger partial charge in [0.2, 0.25) is 0 Å². The lowest BCUT2D eigenvalue weighted by Crippen LogP contribution is -2.41. The number of hydrogen-bond donors (Lipinski definition) is 2. The Balaban J connectivity index is 2.06. The molecule has 2 aromatic carbocycles. The van der Waals surface area contributed by atoms with Crippen molar-refractivity contribution in [1.29, 1.82) is 0 Å². The van der Waals surface area contributed by atoms with E-state index in [1.54, 1.807) is 24.3 Å². The number of benzene rings is 2. The van der Waals surface area contributed by atoms with E-state index in [1.165, 1.54) is 205 Å². The molecule has 2 rings (SSSR count). The zero-order chi connectivity index (χ0) is 55.5. The molecule has 0 spiro atoms. The van der Waals surface area contributed by atoms with E-state index in [4.69, 9.17) is 28.4 Å². The molecule has 0 unspecified atom stereocenters. The van der Waals surface area contributed by atoms with Crippen molar-refractivity contribution in [3.63, 3.8) is 0 Å². The lowest BCUT2D eigenvalue weighted by Gasteiger charge is -2.28. The maximum atomic E-state index is 13.8. The third-order valence-electron chi connectivity index (χ3n) is 15.0. The number of ether oxygens (including phenoxy) is 6. The van der Waals surface area contributed by atoms with Gasteiger partial charge in [0.15, 0.2) is 0 Å². The van der Waals surface area contributed by atoms with Crippen molar-refractivity contribution in [1.82, 2.24) is 0 Å². The van der Waals surface area contributed by atoms with Gasteiger partial charge in [0.25, 0.3) is 0 Å². The van der Waals surface area contributed by atoms with E-state index in [1.807, 2.05) is 12.1 Å². The molecule has 0 aliphatic heterocycles. The number of carbonyl (C=O) groups excluding carboxylic acids is 2. The fourth-order valence-corrected chi connectivity index (χ4v) is 9.71. The van der Waals surface area contributed by atoms with Gasteiger partial charge in [-0.3, -0.25) is 0 Å². The Hall–Kier alpha value is -3.50. The van der Waals surface area contributed by atoms with Gasteiger partial charge in [-0.2, -0.15) is 0 Å². The maximum absolute atomic E-state index is 13.8. The van der Waals surface area contributed by atoms with E-state index in [0.717, 1.165) is 51.4 Å². The molecule has 0 bridgehead atoms. The van der Waals surface area contributed by atoms with E-state index in [9.17, 15) is 19.8 Å². The molecule has 444 valence electrons. The van der Waals surface area contributed by atoms with Crippen LogP contribution in [0.15, 0.2) is 36.4 Å². The van der Waals surface area contributed by atoms with E-state index in [0.29, 0.717) is 49.4 Å². The second kappa shape index (κ2) is 49.5. The van der Waals surface area contributed by atoms with Gasteiger partial charge in [0.05, 0.1) is 56.2 Å². The summed E-state index contributed by atoms with van der Waals surface area (Å²) in [5.41, 5.74) is -0.974. The van der Waals surface area contributed by atoms with Crippen LogP contribution in [0, 0.1) is 5.41 Å². The SMILES string of the molecule is CCCCCCCCCCCCOc1cc(OCCCCCCCCCCCC)cc(C(=O)OCC(CO)(CO)COC(=O)c2cc(OCCCCCCCCCCCC)cc(OCCCCCCCCCCCC)c2)c1. The average Bonchev–Trinajstić information content (AvgIpc) is 3.44. The molecule has 2 N–H and O–H groups in total. The number of aliphatic hydroxyl groups is 2. The van der Waals surface area contributed by atoms with Crippen LogP contribution in [0.4, 0.5) is 0 Å². The van der Waals surface area contributed by atoms with Gasteiger partial charge in [-0.25, -0.2) is 9.59 Å². The quantitative estimate of drug-likeness (QED) is 0.0488. The molecule has 0 amide bonds. The number of carbonyl (C=O) groups is 2. The molecule has 0 aliphatic rings. The summed E-state index contributed by atoms with van der Waals surface area (Å²) in [4.78, 5) is 27.6. The first-order valence-corrected chi connectivity index (χ1v) is 32.2. The molecule has 0 fully saturated rings. The van der Waals surface area contributed by atoms with Gasteiger partial charge >= 0.3 is 11.9 Å². The van der Waals surface area contributed by atoms with Crippen LogP contribution in [0.1, 0.15) is 305 Å². The van der Waals surface area contributed by atoms with Crippen LogP contribution >= 0.6 is 0 Å². The van der Waals surface area contributed by atoms with Crippen molar-refractivity contribution in [2.45, 2.75) is 285 Å². The predicted molar refractivity (Wildman–Crippen MR) is 319 cm³/mol. The molecular formula is C67H116O10. The predicted octanol–water partition coefficient (Wildman–Crippen LogP) is 18.9. The lowest BCUT2D eigenvalue weighted by molar-refractivity contribution is -0.0523. The van der Waals surface area contributed by atoms with Gasteiger partial charge in [-0.15, -0.1) is 0 Å². The summed E-state index contributed by atoms with van der Waals surface area (Å²) in [6.07, 6.45) is 49.1. The van der Waals surface area contributed by atoms with Crippen LogP contribution in [0.2, 0.25) is 0 Å². The first-order valence-electron chi connectivity index (χ1n) is 32.2. The van der Waals surface area contributed by atoms with Crippen molar-refractivity contribution >= 4 is 11.9 Å². The highest BCUT2D eigenvalue weighted by Crippen LogP contribution is 2.28. The van der Waals surface area contributed by atoms with Crippen molar-refractivity contribution in [3.05, 3.63) is 47.5 Å². The zero-order valence-corrected chi connectivity index (χ0v) is 50.1. The second-order valence-electron chi connectivity index (χ2n) is 22.5. The van der Waals surface area contributed by atoms with E-state index in [2.05, 4.69) is 27.7 Å². The van der Waals surface area contributed by atoms with Crippen molar-refractivity contribution in [2.75, 3.05) is 52.9 Å². The van der Waals surface area contributed by atoms with Gasteiger partial charge in [-0.1, -0.05) is 259 Å².